The van der Waals surface area contributed by atoms with Crippen molar-refractivity contribution >= 4 is 17.8 Å². The van der Waals surface area contributed by atoms with E-state index < -0.39 is 11.6 Å². The van der Waals surface area contributed by atoms with Gasteiger partial charge in [-0.05, 0) is 56.8 Å². The Balaban J connectivity index is 1.63. The number of carbonyl (C=O) groups is 3. The lowest BCUT2D eigenvalue weighted by atomic mass is 9.75. The topological polar surface area (TPSA) is 69.7 Å². The van der Waals surface area contributed by atoms with Crippen LogP contribution in [-0.2, 0) is 9.59 Å². The first-order chi connectivity index (χ1) is 12.4. The molecule has 0 aromatic carbocycles. The number of imide groups is 1. The van der Waals surface area contributed by atoms with E-state index in [9.17, 15) is 14.4 Å². The van der Waals surface area contributed by atoms with Crippen molar-refractivity contribution in [2.45, 2.75) is 83.7 Å². The normalized spacial score (nSPS) is 28.8. The summed E-state index contributed by atoms with van der Waals surface area (Å²) in [6, 6.07) is -0.0890. The molecule has 3 fully saturated rings. The Bertz CT molecular complexity index is 563. The molecule has 0 atom stereocenters. The van der Waals surface area contributed by atoms with Crippen LogP contribution in [0.3, 0.4) is 0 Å². The third-order valence-corrected chi connectivity index (χ3v) is 6.33. The van der Waals surface area contributed by atoms with Crippen LogP contribution in [0.2, 0.25) is 0 Å². The highest BCUT2D eigenvalue weighted by Gasteiger charge is 2.53. The first-order valence-electron chi connectivity index (χ1n) is 10.3. The Kier molecular flexibility index (Phi) is 5.58. The molecule has 1 N–H and O–H groups in total. The predicted octanol–water partition coefficient (Wildman–Crippen LogP) is 2.91. The van der Waals surface area contributed by atoms with E-state index in [4.69, 9.17) is 0 Å². The van der Waals surface area contributed by atoms with E-state index in [0.29, 0.717) is 37.3 Å². The molecule has 146 valence electrons. The molecule has 6 heteroatoms. The van der Waals surface area contributed by atoms with Crippen molar-refractivity contribution in [1.29, 1.82) is 0 Å². The van der Waals surface area contributed by atoms with E-state index in [0.717, 1.165) is 38.5 Å². The summed E-state index contributed by atoms with van der Waals surface area (Å²) in [4.78, 5) is 41.3. The van der Waals surface area contributed by atoms with E-state index in [1.165, 1.54) is 4.90 Å². The summed E-state index contributed by atoms with van der Waals surface area (Å²) in [5, 5.41) is 2.92. The number of amides is 4. The van der Waals surface area contributed by atoms with Gasteiger partial charge in [-0.15, -0.1) is 0 Å². The van der Waals surface area contributed by atoms with Gasteiger partial charge in [0.2, 0.25) is 5.91 Å². The lowest BCUT2D eigenvalue weighted by Gasteiger charge is -2.34. The number of rotatable bonds is 7. The molecule has 1 aliphatic heterocycles. The first-order valence-corrected chi connectivity index (χ1v) is 10.3. The second-order valence-corrected chi connectivity index (χ2v) is 8.76. The molecule has 0 bridgehead atoms. The highest BCUT2D eigenvalue weighted by molar-refractivity contribution is 6.09. The minimum absolute atomic E-state index is 0.0871. The minimum atomic E-state index is -0.759. The summed E-state index contributed by atoms with van der Waals surface area (Å²) in [7, 11) is 0. The quantitative estimate of drug-likeness (QED) is 0.707. The van der Waals surface area contributed by atoms with Crippen molar-refractivity contribution < 1.29 is 14.4 Å². The van der Waals surface area contributed by atoms with E-state index >= 15 is 0 Å². The van der Waals surface area contributed by atoms with Crippen LogP contribution < -0.4 is 5.32 Å². The molecule has 4 amide bonds. The zero-order valence-corrected chi connectivity index (χ0v) is 16.4. The van der Waals surface area contributed by atoms with Crippen LogP contribution in [0.4, 0.5) is 4.79 Å². The molecular weight excluding hydrogens is 330 g/mol. The van der Waals surface area contributed by atoms with Crippen molar-refractivity contribution in [3.8, 4) is 0 Å². The van der Waals surface area contributed by atoms with Crippen molar-refractivity contribution in [1.82, 2.24) is 15.1 Å². The summed E-state index contributed by atoms with van der Waals surface area (Å²) >= 11 is 0. The Morgan fingerprint density at radius 2 is 1.88 bits per heavy atom. The second-order valence-electron chi connectivity index (χ2n) is 8.76. The molecule has 1 heterocycles. The maximum absolute atomic E-state index is 13.0. The van der Waals surface area contributed by atoms with Crippen molar-refractivity contribution in [3.63, 3.8) is 0 Å². The van der Waals surface area contributed by atoms with Gasteiger partial charge in [0.1, 0.15) is 12.1 Å². The number of urea groups is 1. The van der Waals surface area contributed by atoms with Crippen LogP contribution in [0.5, 0.6) is 0 Å². The number of nitrogens with zero attached hydrogens (tertiary/aromatic N) is 2. The predicted molar refractivity (Wildman–Crippen MR) is 99.4 cm³/mol. The van der Waals surface area contributed by atoms with Crippen LogP contribution in [0.1, 0.15) is 72.1 Å². The number of carbonyl (C=O) groups excluding carboxylic acids is 3. The molecule has 0 radical (unpaired) electrons. The summed E-state index contributed by atoms with van der Waals surface area (Å²) in [5.74, 6) is 0.890. The van der Waals surface area contributed by atoms with Gasteiger partial charge in [-0.1, -0.05) is 27.2 Å². The van der Waals surface area contributed by atoms with Gasteiger partial charge in [-0.2, -0.15) is 0 Å². The van der Waals surface area contributed by atoms with E-state index in [1.807, 2.05) is 4.90 Å². The standard InChI is InChI=1S/C20H33N3O3/c1-4-15-7-10-20(11-8-15)18(25)23(19(26)21-20)13-17(24)22(16-5-6-16)12-9-14(2)3/h14-16H,4-13H2,1-3H3,(H,21,26). The van der Waals surface area contributed by atoms with Gasteiger partial charge in [-0.25, -0.2) is 4.79 Å². The first kappa shape index (κ1) is 19.2. The van der Waals surface area contributed by atoms with Crippen LogP contribution in [0.15, 0.2) is 0 Å². The fraction of sp³-hybridized carbons (Fsp3) is 0.850. The molecule has 0 unspecified atom stereocenters. The van der Waals surface area contributed by atoms with Crippen LogP contribution in [0, 0.1) is 11.8 Å². The monoisotopic (exact) mass is 363 g/mol. The summed E-state index contributed by atoms with van der Waals surface area (Å²) in [6.45, 7) is 7.06. The average Bonchev–Trinajstić information content (AvgIpc) is 3.41. The van der Waals surface area contributed by atoms with Crippen LogP contribution in [-0.4, -0.2) is 52.3 Å². The Hall–Kier alpha value is -1.59. The maximum Gasteiger partial charge on any atom is 0.325 e. The fourth-order valence-corrected chi connectivity index (χ4v) is 4.26. The number of hydrogen-bond donors (Lipinski definition) is 1. The molecule has 2 saturated carbocycles. The molecule has 3 rings (SSSR count). The Morgan fingerprint density at radius 3 is 2.42 bits per heavy atom. The van der Waals surface area contributed by atoms with Gasteiger partial charge in [0.05, 0.1) is 0 Å². The third-order valence-electron chi connectivity index (χ3n) is 6.33. The molecule has 0 aromatic rings. The smallest absolute Gasteiger partial charge is 0.325 e. The lowest BCUT2D eigenvalue weighted by Crippen LogP contribution is -2.50. The van der Waals surface area contributed by atoms with Crippen molar-refractivity contribution in [2.75, 3.05) is 13.1 Å². The van der Waals surface area contributed by atoms with Gasteiger partial charge >= 0.3 is 6.03 Å². The molecule has 2 aliphatic carbocycles. The van der Waals surface area contributed by atoms with E-state index in [1.54, 1.807) is 0 Å². The third kappa shape index (κ3) is 3.89. The Labute approximate surface area is 156 Å². The maximum atomic E-state index is 13.0. The number of nitrogens with one attached hydrogen (secondary N) is 1. The van der Waals surface area contributed by atoms with Gasteiger partial charge in [0.15, 0.2) is 0 Å². The molecule has 6 nitrogen and oxygen atoms in total. The molecule has 1 saturated heterocycles. The van der Waals surface area contributed by atoms with Gasteiger partial charge in [0, 0.05) is 12.6 Å². The highest BCUT2D eigenvalue weighted by atomic mass is 16.2. The van der Waals surface area contributed by atoms with Crippen LogP contribution >= 0.6 is 0 Å². The zero-order chi connectivity index (χ0) is 18.9. The lowest BCUT2D eigenvalue weighted by molar-refractivity contribution is -0.140. The summed E-state index contributed by atoms with van der Waals surface area (Å²) in [6.07, 6.45) is 7.46. The SMILES string of the molecule is CCC1CCC2(CC1)NC(=O)N(CC(=O)N(CCC(C)C)C1CC1)C2=O. The summed E-state index contributed by atoms with van der Waals surface area (Å²) in [5.41, 5.74) is -0.759. The van der Waals surface area contributed by atoms with Crippen molar-refractivity contribution in [3.05, 3.63) is 0 Å². The Morgan fingerprint density at radius 1 is 1.23 bits per heavy atom. The number of hydrogen-bond acceptors (Lipinski definition) is 3. The van der Waals surface area contributed by atoms with E-state index in [-0.39, 0.29) is 18.4 Å². The molecule has 3 aliphatic rings. The fourth-order valence-electron chi connectivity index (χ4n) is 4.26. The van der Waals surface area contributed by atoms with Gasteiger partial charge < -0.3 is 10.2 Å². The largest absolute Gasteiger partial charge is 0.338 e. The van der Waals surface area contributed by atoms with Crippen molar-refractivity contribution in [2.24, 2.45) is 11.8 Å². The summed E-state index contributed by atoms with van der Waals surface area (Å²) < 4.78 is 0. The zero-order valence-electron chi connectivity index (χ0n) is 16.4. The highest BCUT2D eigenvalue weighted by Crippen LogP contribution is 2.37. The average molecular weight is 364 g/mol. The molecule has 0 aromatic heterocycles. The molecule has 26 heavy (non-hydrogen) atoms. The molecule has 1 spiro atoms. The van der Waals surface area contributed by atoms with Gasteiger partial charge in [0.25, 0.3) is 5.91 Å². The van der Waals surface area contributed by atoms with E-state index in [2.05, 4.69) is 26.1 Å². The second kappa shape index (κ2) is 7.57. The van der Waals surface area contributed by atoms with Gasteiger partial charge in [-0.3, -0.25) is 14.5 Å². The minimum Gasteiger partial charge on any atom is -0.338 e. The van der Waals surface area contributed by atoms with Crippen LogP contribution in [0.25, 0.3) is 0 Å². The molecular formula is C20H33N3O3.